The van der Waals surface area contributed by atoms with Gasteiger partial charge in [-0.25, -0.2) is 4.39 Å². The summed E-state index contributed by atoms with van der Waals surface area (Å²) in [5.74, 6) is -0.0303. The van der Waals surface area contributed by atoms with Crippen LogP contribution in [0.3, 0.4) is 0 Å². The molecular weight excluding hydrogens is 323 g/mol. The molecule has 0 unspecified atom stereocenters. The SMILES string of the molecule is Cc1ccc(S(=O)(=O)OC[C@@H](O)COc2ccc(F)cc2)cc1. The van der Waals surface area contributed by atoms with Crippen LogP contribution >= 0.6 is 0 Å². The molecule has 0 bridgehead atoms. The molecule has 7 heteroatoms. The number of aliphatic hydroxyl groups is 1. The molecule has 2 rings (SSSR count). The standard InChI is InChI=1S/C16H17FO5S/c1-12-2-8-16(9-3-12)23(19,20)22-11-14(18)10-21-15-6-4-13(17)5-7-15/h2-9,14,18H,10-11H2,1H3/t14-/m0/s1. The monoisotopic (exact) mass is 340 g/mol. The van der Waals surface area contributed by atoms with Crippen molar-refractivity contribution in [3.05, 3.63) is 59.9 Å². The third-order valence-electron chi connectivity index (χ3n) is 2.98. The van der Waals surface area contributed by atoms with Crippen molar-refractivity contribution in [1.29, 1.82) is 0 Å². The highest BCUT2D eigenvalue weighted by Gasteiger charge is 2.17. The lowest BCUT2D eigenvalue weighted by Crippen LogP contribution is -2.25. The van der Waals surface area contributed by atoms with E-state index in [2.05, 4.69) is 0 Å². The second-order valence-electron chi connectivity index (χ2n) is 4.97. The van der Waals surface area contributed by atoms with Gasteiger partial charge < -0.3 is 9.84 Å². The van der Waals surface area contributed by atoms with Crippen LogP contribution < -0.4 is 4.74 Å². The van der Waals surface area contributed by atoms with E-state index < -0.39 is 28.6 Å². The Morgan fingerprint density at radius 1 is 1.04 bits per heavy atom. The molecule has 0 aromatic heterocycles. The predicted octanol–water partition coefficient (Wildman–Crippen LogP) is 2.28. The summed E-state index contributed by atoms with van der Waals surface area (Å²) in [7, 11) is -3.93. The Balaban J connectivity index is 1.84. The van der Waals surface area contributed by atoms with Crippen LogP contribution in [0.4, 0.5) is 4.39 Å². The Kier molecular flexibility index (Phi) is 5.70. The first kappa shape index (κ1) is 17.4. The average molecular weight is 340 g/mol. The van der Waals surface area contributed by atoms with Crippen LogP contribution in [0.15, 0.2) is 53.4 Å². The molecule has 0 saturated heterocycles. The van der Waals surface area contributed by atoms with Crippen LogP contribution in [0.1, 0.15) is 5.56 Å². The van der Waals surface area contributed by atoms with Gasteiger partial charge in [-0.1, -0.05) is 17.7 Å². The fourth-order valence-electron chi connectivity index (χ4n) is 1.71. The van der Waals surface area contributed by atoms with Gasteiger partial charge in [0.15, 0.2) is 0 Å². The van der Waals surface area contributed by atoms with Crippen LogP contribution in [0.25, 0.3) is 0 Å². The van der Waals surface area contributed by atoms with Crippen molar-refractivity contribution in [2.45, 2.75) is 17.9 Å². The maximum Gasteiger partial charge on any atom is 0.297 e. The van der Waals surface area contributed by atoms with Crippen molar-refractivity contribution in [3.8, 4) is 5.75 Å². The summed E-state index contributed by atoms with van der Waals surface area (Å²) in [6, 6.07) is 11.4. The van der Waals surface area contributed by atoms with Crippen LogP contribution in [0.5, 0.6) is 5.75 Å². The van der Waals surface area contributed by atoms with Gasteiger partial charge in [0.1, 0.15) is 24.3 Å². The third kappa shape index (κ3) is 5.31. The molecule has 0 radical (unpaired) electrons. The van der Waals surface area contributed by atoms with E-state index in [9.17, 15) is 17.9 Å². The van der Waals surface area contributed by atoms with Gasteiger partial charge in [0.2, 0.25) is 0 Å². The topological polar surface area (TPSA) is 72.8 Å². The molecule has 0 spiro atoms. The highest BCUT2D eigenvalue weighted by atomic mass is 32.2. The van der Waals surface area contributed by atoms with E-state index in [1.165, 1.54) is 36.4 Å². The summed E-state index contributed by atoms with van der Waals surface area (Å²) in [5.41, 5.74) is 0.927. The maximum absolute atomic E-state index is 12.7. The number of hydrogen-bond acceptors (Lipinski definition) is 5. The van der Waals surface area contributed by atoms with Crippen molar-refractivity contribution < 1.29 is 26.8 Å². The molecule has 0 aliphatic heterocycles. The molecule has 0 aliphatic rings. The zero-order chi connectivity index (χ0) is 16.9. The first-order valence-corrected chi connectivity index (χ1v) is 8.30. The van der Waals surface area contributed by atoms with Gasteiger partial charge in [0.25, 0.3) is 10.1 Å². The number of rotatable bonds is 7. The molecule has 1 N–H and O–H groups in total. The molecule has 2 aromatic rings. The lowest BCUT2D eigenvalue weighted by atomic mass is 10.2. The zero-order valence-electron chi connectivity index (χ0n) is 12.5. The molecule has 2 aromatic carbocycles. The van der Waals surface area contributed by atoms with Crippen LogP contribution in [0.2, 0.25) is 0 Å². The highest BCUT2D eigenvalue weighted by Crippen LogP contribution is 2.14. The maximum atomic E-state index is 12.7. The Morgan fingerprint density at radius 2 is 1.65 bits per heavy atom. The number of ether oxygens (including phenoxy) is 1. The minimum atomic E-state index is -3.93. The first-order chi connectivity index (χ1) is 10.9. The minimum absolute atomic E-state index is 0.0229. The number of aryl methyl sites for hydroxylation is 1. The molecule has 5 nitrogen and oxygen atoms in total. The first-order valence-electron chi connectivity index (χ1n) is 6.89. The fraction of sp³-hybridized carbons (Fsp3) is 0.250. The largest absolute Gasteiger partial charge is 0.491 e. The molecule has 0 amide bonds. The summed E-state index contributed by atoms with van der Waals surface area (Å²) in [6.45, 7) is 1.24. The second kappa shape index (κ2) is 7.54. The molecule has 0 heterocycles. The molecule has 124 valence electrons. The van der Waals surface area contributed by atoms with Crippen molar-refractivity contribution in [1.82, 2.24) is 0 Å². The van der Waals surface area contributed by atoms with Crippen LogP contribution in [-0.2, 0) is 14.3 Å². The number of benzene rings is 2. The minimum Gasteiger partial charge on any atom is -0.491 e. The van der Waals surface area contributed by atoms with Gasteiger partial charge in [-0.3, -0.25) is 4.18 Å². The molecule has 1 atom stereocenters. The molecule has 0 saturated carbocycles. The van der Waals surface area contributed by atoms with E-state index in [1.807, 2.05) is 6.92 Å². The van der Waals surface area contributed by atoms with E-state index >= 15 is 0 Å². The van der Waals surface area contributed by atoms with Gasteiger partial charge in [0.05, 0.1) is 11.5 Å². The number of aliphatic hydroxyl groups excluding tert-OH is 1. The lowest BCUT2D eigenvalue weighted by molar-refractivity contribution is 0.0648. The van der Waals surface area contributed by atoms with Gasteiger partial charge >= 0.3 is 0 Å². The summed E-state index contributed by atoms with van der Waals surface area (Å²) < 4.78 is 46.6. The van der Waals surface area contributed by atoms with Gasteiger partial charge in [-0.2, -0.15) is 8.42 Å². The highest BCUT2D eigenvalue weighted by molar-refractivity contribution is 7.86. The fourth-order valence-corrected chi connectivity index (χ4v) is 2.65. The number of halogens is 1. The molecule has 0 aliphatic carbocycles. The average Bonchev–Trinajstić information content (AvgIpc) is 2.53. The smallest absolute Gasteiger partial charge is 0.297 e. The Hall–Kier alpha value is -1.96. The van der Waals surface area contributed by atoms with Crippen LogP contribution in [-0.4, -0.2) is 32.8 Å². The van der Waals surface area contributed by atoms with Crippen molar-refractivity contribution in [3.63, 3.8) is 0 Å². The van der Waals surface area contributed by atoms with Crippen molar-refractivity contribution in [2.24, 2.45) is 0 Å². The van der Waals surface area contributed by atoms with E-state index in [4.69, 9.17) is 8.92 Å². The van der Waals surface area contributed by atoms with Gasteiger partial charge in [0, 0.05) is 0 Å². The van der Waals surface area contributed by atoms with Gasteiger partial charge in [-0.15, -0.1) is 0 Å². The molecular formula is C16H17FO5S. The third-order valence-corrected chi connectivity index (χ3v) is 4.28. The predicted molar refractivity (Wildman–Crippen MR) is 82.2 cm³/mol. The Morgan fingerprint density at radius 3 is 2.26 bits per heavy atom. The normalized spacial score (nSPS) is 12.8. The van der Waals surface area contributed by atoms with E-state index in [0.717, 1.165) is 5.56 Å². The Bertz CT molecular complexity index is 726. The zero-order valence-corrected chi connectivity index (χ0v) is 13.3. The quantitative estimate of drug-likeness (QED) is 0.783. The second-order valence-corrected chi connectivity index (χ2v) is 6.59. The van der Waals surface area contributed by atoms with Crippen LogP contribution in [0, 0.1) is 12.7 Å². The lowest BCUT2D eigenvalue weighted by Gasteiger charge is -2.13. The Labute approximate surface area is 134 Å². The van der Waals surface area contributed by atoms with E-state index in [1.54, 1.807) is 12.1 Å². The number of hydrogen-bond donors (Lipinski definition) is 1. The summed E-state index contributed by atoms with van der Waals surface area (Å²) in [5, 5.41) is 9.73. The van der Waals surface area contributed by atoms with E-state index in [-0.39, 0.29) is 11.5 Å². The summed E-state index contributed by atoms with van der Waals surface area (Å²) in [6.07, 6.45) is -1.14. The van der Waals surface area contributed by atoms with Gasteiger partial charge in [-0.05, 0) is 43.3 Å². The van der Waals surface area contributed by atoms with Crippen molar-refractivity contribution >= 4 is 10.1 Å². The summed E-state index contributed by atoms with van der Waals surface area (Å²) >= 11 is 0. The molecule has 0 fully saturated rings. The summed E-state index contributed by atoms with van der Waals surface area (Å²) in [4.78, 5) is 0.0229. The van der Waals surface area contributed by atoms with Crippen molar-refractivity contribution in [2.75, 3.05) is 13.2 Å². The molecule has 23 heavy (non-hydrogen) atoms. The van der Waals surface area contributed by atoms with E-state index in [0.29, 0.717) is 5.75 Å².